The number of aliphatic hydroxyl groups is 5. The standard InChI is InChI=1S/C24H46O8/c1-3-5-7-9-11-13-15-20(27)24(31,23(30)22(29)19(26)17-25)18-32-21(28)16-14-12-10-8-6-4-2/h19,22-23,25-26,29-31H,3-18H2,1-2H3/t19-,22+,23-,24-/m0/s1. The third-order valence-corrected chi connectivity index (χ3v) is 5.82. The van der Waals surface area contributed by atoms with Crippen LogP contribution in [0.2, 0.25) is 0 Å². The molecule has 0 aliphatic carbocycles. The molecule has 0 aliphatic heterocycles. The fraction of sp³-hybridized carbons (Fsp3) is 0.917. The van der Waals surface area contributed by atoms with E-state index in [1.54, 1.807) is 0 Å². The van der Waals surface area contributed by atoms with Crippen LogP contribution in [0, 0.1) is 0 Å². The van der Waals surface area contributed by atoms with Crippen molar-refractivity contribution in [1.82, 2.24) is 0 Å². The van der Waals surface area contributed by atoms with Crippen molar-refractivity contribution in [3.05, 3.63) is 0 Å². The number of Topliss-reactive ketones (excluding diaryl/α,β-unsaturated/α-hetero) is 1. The van der Waals surface area contributed by atoms with Gasteiger partial charge in [-0.15, -0.1) is 0 Å². The predicted molar refractivity (Wildman–Crippen MR) is 122 cm³/mol. The number of unbranched alkanes of at least 4 members (excludes halogenated alkanes) is 10. The van der Waals surface area contributed by atoms with E-state index >= 15 is 0 Å². The van der Waals surface area contributed by atoms with Crippen LogP contribution in [0.25, 0.3) is 0 Å². The Morgan fingerprint density at radius 2 is 1.25 bits per heavy atom. The van der Waals surface area contributed by atoms with Crippen molar-refractivity contribution in [2.45, 2.75) is 128 Å². The van der Waals surface area contributed by atoms with Gasteiger partial charge in [0.1, 0.15) is 24.9 Å². The summed E-state index contributed by atoms with van der Waals surface area (Å²) in [5.74, 6) is -1.37. The summed E-state index contributed by atoms with van der Waals surface area (Å²) in [7, 11) is 0. The predicted octanol–water partition coefficient (Wildman–Crippen LogP) is 2.41. The van der Waals surface area contributed by atoms with Gasteiger partial charge in [-0.05, 0) is 12.8 Å². The number of hydrogen-bond acceptors (Lipinski definition) is 8. The van der Waals surface area contributed by atoms with Crippen molar-refractivity contribution < 1.29 is 39.9 Å². The first-order valence-corrected chi connectivity index (χ1v) is 12.3. The Balaban J connectivity index is 4.84. The Labute approximate surface area is 193 Å². The van der Waals surface area contributed by atoms with Gasteiger partial charge in [0.25, 0.3) is 0 Å². The van der Waals surface area contributed by atoms with Crippen LogP contribution in [0.4, 0.5) is 0 Å². The summed E-state index contributed by atoms with van der Waals surface area (Å²) in [4.78, 5) is 24.8. The molecule has 0 saturated heterocycles. The Morgan fingerprint density at radius 3 is 1.75 bits per heavy atom. The van der Waals surface area contributed by atoms with Gasteiger partial charge >= 0.3 is 5.97 Å². The maximum Gasteiger partial charge on any atom is 0.305 e. The van der Waals surface area contributed by atoms with E-state index in [-0.39, 0.29) is 12.8 Å². The molecule has 0 aromatic heterocycles. The summed E-state index contributed by atoms with van der Waals surface area (Å²) in [5.41, 5.74) is -2.56. The Kier molecular flexibility index (Phi) is 17.8. The van der Waals surface area contributed by atoms with E-state index in [1.807, 2.05) is 0 Å². The highest BCUT2D eigenvalue weighted by Crippen LogP contribution is 2.22. The highest BCUT2D eigenvalue weighted by Gasteiger charge is 2.48. The maximum atomic E-state index is 12.7. The normalized spacial score (nSPS) is 16.2. The second-order valence-corrected chi connectivity index (χ2v) is 8.73. The van der Waals surface area contributed by atoms with Crippen molar-refractivity contribution in [2.24, 2.45) is 0 Å². The summed E-state index contributed by atoms with van der Waals surface area (Å²) >= 11 is 0. The van der Waals surface area contributed by atoms with E-state index in [9.17, 15) is 30.0 Å². The molecule has 32 heavy (non-hydrogen) atoms. The topological polar surface area (TPSA) is 145 Å². The van der Waals surface area contributed by atoms with Crippen LogP contribution in [-0.2, 0) is 14.3 Å². The number of aliphatic hydroxyl groups excluding tert-OH is 4. The van der Waals surface area contributed by atoms with E-state index in [4.69, 9.17) is 9.84 Å². The molecule has 0 aromatic carbocycles. The molecule has 5 N–H and O–H groups in total. The Bertz CT molecular complexity index is 498. The fourth-order valence-electron chi connectivity index (χ4n) is 3.53. The minimum Gasteiger partial charge on any atom is -0.462 e. The van der Waals surface area contributed by atoms with Gasteiger partial charge in [0, 0.05) is 12.8 Å². The van der Waals surface area contributed by atoms with Gasteiger partial charge in [-0.1, -0.05) is 78.1 Å². The lowest BCUT2D eigenvalue weighted by Gasteiger charge is -2.35. The van der Waals surface area contributed by atoms with Crippen molar-refractivity contribution in [2.75, 3.05) is 13.2 Å². The Morgan fingerprint density at radius 1 is 0.781 bits per heavy atom. The summed E-state index contributed by atoms with van der Waals surface area (Å²) < 4.78 is 5.08. The number of esters is 1. The summed E-state index contributed by atoms with van der Waals surface area (Å²) in [5, 5.41) is 50.0. The number of ether oxygens (including phenoxy) is 1. The maximum absolute atomic E-state index is 12.7. The highest BCUT2D eigenvalue weighted by atomic mass is 16.5. The average Bonchev–Trinajstić information content (AvgIpc) is 2.80. The zero-order valence-corrected chi connectivity index (χ0v) is 20.0. The molecule has 0 unspecified atom stereocenters. The van der Waals surface area contributed by atoms with Gasteiger partial charge in [0.05, 0.1) is 6.61 Å². The van der Waals surface area contributed by atoms with E-state index < -0.39 is 48.9 Å². The number of carbonyl (C=O) groups excluding carboxylic acids is 2. The molecular formula is C24H46O8. The van der Waals surface area contributed by atoms with Crippen LogP contribution in [0.1, 0.15) is 104 Å². The molecule has 4 atom stereocenters. The molecule has 0 rings (SSSR count). The molecule has 190 valence electrons. The zero-order chi connectivity index (χ0) is 24.4. The SMILES string of the molecule is CCCCCCCCC(=O)OC[C@](O)(C(=O)CCCCCCCC)[C@@H](O)[C@H](O)[C@@H](O)CO. The lowest BCUT2D eigenvalue weighted by molar-refractivity contribution is -0.190. The van der Waals surface area contributed by atoms with Crippen molar-refractivity contribution >= 4 is 11.8 Å². The first-order valence-electron chi connectivity index (χ1n) is 12.3. The van der Waals surface area contributed by atoms with E-state index in [2.05, 4.69) is 13.8 Å². The third-order valence-electron chi connectivity index (χ3n) is 5.82. The van der Waals surface area contributed by atoms with Gasteiger partial charge in [0.2, 0.25) is 0 Å². The van der Waals surface area contributed by atoms with Crippen LogP contribution in [0.3, 0.4) is 0 Å². The van der Waals surface area contributed by atoms with Gasteiger partial charge in [-0.25, -0.2) is 0 Å². The first-order chi connectivity index (χ1) is 15.2. The van der Waals surface area contributed by atoms with Crippen molar-refractivity contribution in [3.8, 4) is 0 Å². The largest absolute Gasteiger partial charge is 0.462 e. The van der Waals surface area contributed by atoms with Crippen molar-refractivity contribution in [1.29, 1.82) is 0 Å². The van der Waals surface area contributed by atoms with E-state index in [1.165, 1.54) is 0 Å². The van der Waals surface area contributed by atoms with Crippen LogP contribution in [0.5, 0.6) is 0 Å². The number of carbonyl (C=O) groups is 2. The van der Waals surface area contributed by atoms with Crippen LogP contribution >= 0.6 is 0 Å². The van der Waals surface area contributed by atoms with Gasteiger partial charge in [0.15, 0.2) is 11.4 Å². The lowest BCUT2D eigenvalue weighted by atomic mass is 9.85. The number of rotatable bonds is 21. The number of ketones is 1. The molecule has 0 saturated carbocycles. The van der Waals surface area contributed by atoms with E-state index in [0.29, 0.717) is 12.8 Å². The molecule has 8 nitrogen and oxygen atoms in total. The van der Waals surface area contributed by atoms with Gasteiger partial charge in [-0.3, -0.25) is 9.59 Å². The Hall–Kier alpha value is -1.06. The van der Waals surface area contributed by atoms with Crippen molar-refractivity contribution in [3.63, 3.8) is 0 Å². The highest BCUT2D eigenvalue weighted by molar-refractivity contribution is 5.88. The summed E-state index contributed by atoms with van der Waals surface area (Å²) in [6.45, 7) is 2.55. The summed E-state index contributed by atoms with van der Waals surface area (Å²) in [6, 6.07) is 0. The summed E-state index contributed by atoms with van der Waals surface area (Å²) in [6.07, 6.45) is 5.61. The molecule has 8 heteroatoms. The van der Waals surface area contributed by atoms with Gasteiger partial charge < -0.3 is 30.3 Å². The molecular weight excluding hydrogens is 416 g/mol. The second kappa shape index (κ2) is 18.4. The van der Waals surface area contributed by atoms with E-state index in [0.717, 1.165) is 64.2 Å². The van der Waals surface area contributed by atoms with Crippen LogP contribution in [-0.4, -0.2) is 74.4 Å². The zero-order valence-electron chi connectivity index (χ0n) is 20.0. The minimum absolute atomic E-state index is 0.0589. The molecule has 0 fully saturated rings. The monoisotopic (exact) mass is 462 g/mol. The third kappa shape index (κ3) is 12.3. The molecule has 0 spiro atoms. The molecule has 0 aromatic rings. The van der Waals surface area contributed by atoms with Crippen LogP contribution in [0.15, 0.2) is 0 Å². The molecule has 0 heterocycles. The second-order valence-electron chi connectivity index (χ2n) is 8.73. The lowest BCUT2D eigenvalue weighted by Crippen LogP contribution is -2.60. The van der Waals surface area contributed by atoms with Gasteiger partial charge in [-0.2, -0.15) is 0 Å². The molecule has 0 radical (unpaired) electrons. The quantitative estimate of drug-likeness (QED) is 0.129. The molecule has 0 bridgehead atoms. The molecule has 0 amide bonds. The average molecular weight is 463 g/mol. The smallest absolute Gasteiger partial charge is 0.305 e. The van der Waals surface area contributed by atoms with Crippen LogP contribution < -0.4 is 0 Å². The minimum atomic E-state index is -2.56. The fourth-order valence-corrected chi connectivity index (χ4v) is 3.53. The number of hydrogen-bond donors (Lipinski definition) is 5. The first kappa shape index (κ1) is 30.9. The molecule has 0 aliphatic rings.